The highest BCUT2D eigenvalue weighted by molar-refractivity contribution is 6.99. The smallest absolute Gasteiger partial charge is 0.0741 e. The minimum atomic E-state index is 0. The Hall–Kier alpha value is -0.440. The van der Waals surface area contributed by atoms with Crippen LogP contribution in [0.3, 0.4) is 0 Å². The van der Waals surface area contributed by atoms with E-state index in [2.05, 4.69) is 8.75 Å². The van der Waals surface area contributed by atoms with Crippen LogP contribution in [0.1, 0.15) is 18.8 Å². The van der Waals surface area contributed by atoms with Crippen molar-refractivity contribution in [2.45, 2.75) is 21.3 Å². The number of nitrogens with zero attached hydrogens (tertiary/aromatic N) is 2. The van der Waals surface area contributed by atoms with E-state index in [1.165, 1.54) is 11.7 Å². The van der Waals surface area contributed by atoms with Crippen LogP contribution < -0.4 is 0 Å². The van der Waals surface area contributed by atoms with Crippen LogP contribution in [0.15, 0.2) is 0 Å². The van der Waals surface area contributed by atoms with Gasteiger partial charge in [-0.15, -0.1) is 0 Å². The Morgan fingerprint density at radius 1 is 1.12 bits per heavy atom. The summed E-state index contributed by atoms with van der Waals surface area (Å²) in [6.07, 6.45) is 0. The first-order valence-electron chi connectivity index (χ1n) is 2.06. The van der Waals surface area contributed by atoms with Gasteiger partial charge in [-0.05, 0) is 13.8 Å². The normalized spacial score (nSPS) is 8.25. The van der Waals surface area contributed by atoms with Crippen molar-refractivity contribution in [1.29, 1.82) is 0 Å². The Morgan fingerprint density at radius 3 is 1.62 bits per heavy atom. The lowest BCUT2D eigenvalue weighted by molar-refractivity contribution is 1.22. The zero-order valence-electron chi connectivity index (χ0n) is 4.30. The molecule has 0 aliphatic carbocycles. The second kappa shape index (κ2) is 2.77. The zero-order valence-corrected chi connectivity index (χ0v) is 5.12. The molecule has 3 heteroatoms. The number of hydrogen-bond donors (Lipinski definition) is 0. The van der Waals surface area contributed by atoms with E-state index >= 15 is 0 Å². The molecule has 0 bridgehead atoms. The summed E-state index contributed by atoms with van der Waals surface area (Å²) in [7, 11) is 0. The van der Waals surface area contributed by atoms with Gasteiger partial charge < -0.3 is 0 Å². The van der Waals surface area contributed by atoms with Gasteiger partial charge in [-0.1, -0.05) is 7.43 Å². The maximum absolute atomic E-state index is 3.95. The molecule has 0 aliphatic heterocycles. The van der Waals surface area contributed by atoms with Gasteiger partial charge in [0.25, 0.3) is 0 Å². The summed E-state index contributed by atoms with van der Waals surface area (Å²) in [6, 6.07) is 0. The lowest BCUT2D eigenvalue weighted by Crippen LogP contribution is -1.71. The molecule has 0 spiro atoms. The molecule has 0 amide bonds. The van der Waals surface area contributed by atoms with Gasteiger partial charge in [0.1, 0.15) is 0 Å². The summed E-state index contributed by atoms with van der Waals surface area (Å²) in [5.74, 6) is 0. The average molecular weight is 130 g/mol. The van der Waals surface area contributed by atoms with Crippen LogP contribution in [0.25, 0.3) is 0 Å². The van der Waals surface area contributed by atoms with Crippen LogP contribution >= 0.6 is 11.7 Å². The van der Waals surface area contributed by atoms with Crippen LogP contribution in [0.5, 0.6) is 0 Å². The molecule has 0 aromatic carbocycles. The first kappa shape index (κ1) is 7.56. The van der Waals surface area contributed by atoms with Crippen molar-refractivity contribution in [3.05, 3.63) is 11.4 Å². The van der Waals surface area contributed by atoms with Gasteiger partial charge in [0.05, 0.1) is 23.1 Å². The quantitative estimate of drug-likeness (QED) is 0.535. The molecule has 2 nitrogen and oxygen atoms in total. The van der Waals surface area contributed by atoms with E-state index in [1.807, 2.05) is 13.8 Å². The fraction of sp³-hybridized carbons (Fsp3) is 0.600. The van der Waals surface area contributed by atoms with Gasteiger partial charge in [0.2, 0.25) is 0 Å². The van der Waals surface area contributed by atoms with E-state index in [0.29, 0.717) is 0 Å². The zero-order chi connectivity index (χ0) is 5.28. The second-order valence-electron chi connectivity index (χ2n) is 1.44. The van der Waals surface area contributed by atoms with E-state index < -0.39 is 0 Å². The topological polar surface area (TPSA) is 25.8 Å². The molecule has 0 atom stereocenters. The fourth-order valence-corrected chi connectivity index (χ4v) is 0.825. The van der Waals surface area contributed by atoms with Crippen molar-refractivity contribution in [2.75, 3.05) is 0 Å². The third kappa shape index (κ3) is 1.26. The number of hydrogen-bond acceptors (Lipinski definition) is 3. The Bertz CT molecular complexity index is 143. The minimum absolute atomic E-state index is 0. The van der Waals surface area contributed by atoms with Crippen LogP contribution in [0.2, 0.25) is 0 Å². The minimum Gasteiger partial charge on any atom is -0.178 e. The first-order chi connectivity index (χ1) is 3.30. The van der Waals surface area contributed by atoms with Gasteiger partial charge in [-0.3, -0.25) is 0 Å². The van der Waals surface area contributed by atoms with Gasteiger partial charge in [-0.25, -0.2) is 0 Å². The maximum Gasteiger partial charge on any atom is 0.0741 e. The molecule has 1 aromatic heterocycles. The predicted molar refractivity (Wildman–Crippen MR) is 36.1 cm³/mol. The molecule has 0 saturated carbocycles. The van der Waals surface area contributed by atoms with Gasteiger partial charge in [0.15, 0.2) is 0 Å². The molecule has 0 N–H and O–H groups in total. The molecule has 46 valence electrons. The summed E-state index contributed by atoms with van der Waals surface area (Å²) < 4.78 is 7.89. The highest BCUT2D eigenvalue weighted by Crippen LogP contribution is 1.99. The molecule has 8 heavy (non-hydrogen) atoms. The van der Waals surface area contributed by atoms with E-state index in [4.69, 9.17) is 0 Å². The predicted octanol–water partition coefficient (Wildman–Crippen LogP) is 1.79. The average Bonchev–Trinajstić information content (AvgIpc) is 1.91. The molecular weight excluding hydrogens is 120 g/mol. The van der Waals surface area contributed by atoms with Crippen molar-refractivity contribution < 1.29 is 0 Å². The van der Waals surface area contributed by atoms with Crippen molar-refractivity contribution in [3.8, 4) is 0 Å². The molecule has 0 fully saturated rings. The molecule has 0 saturated heterocycles. The third-order valence-electron chi connectivity index (χ3n) is 0.879. The maximum atomic E-state index is 3.95. The van der Waals surface area contributed by atoms with Gasteiger partial charge in [0, 0.05) is 0 Å². The van der Waals surface area contributed by atoms with Crippen LogP contribution in [0, 0.1) is 13.8 Å². The van der Waals surface area contributed by atoms with Crippen LogP contribution in [0.4, 0.5) is 0 Å². The standard InChI is InChI=1S/C4H6N2S.CH4/c1-3-4(2)6-7-5-3;/h1-2H3;1H4. The fourth-order valence-electron chi connectivity index (χ4n) is 0.275. The molecular formula is C5H10N2S. The van der Waals surface area contributed by atoms with Crippen LogP contribution in [-0.4, -0.2) is 8.75 Å². The lowest BCUT2D eigenvalue weighted by Gasteiger charge is -1.75. The molecule has 1 aromatic rings. The van der Waals surface area contributed by atoms with Crippen molar-refractivity contribution in [3.63, 3.8) is 0 Å². The summed E-state index contributed by atoms with van der Waals surface area (Å²) in [5, 5.41) is 0. The number of aromatic nitrogens is 2. The first-order valence-corrected chi connectivity index (χ1v) is 2.79. The highest BCUT2D eigenvalue weighted by atomic mass is 32.1. The van der Waals surface area contributed by atoms with Crippen molar-refractivity contribution in [2.24, 2.45) is 0 Å². The van der Waals surface area contributed by atoms with E-state index in [1.54, 1.807) is 0 Å². The molecule has 0 unspecified atom stereocenters. The second-order valence-corrected chi connectivity index (χ2v) is 1.96. The van der Waals surface area contributed by atoms with Crippen molar-refractivity contribution >= 4 is 11.7 Å². The molecule has 1 rings (SSSR count). The summed E-state index contributed by atoms with van der Waals surface area (Å²) in [4.78, 5) is 0. The Labute approximate surface area is 53.9 Å². The Kier molecular flexibility index (Phi) is 2.62. The monoisotopic (exact) mass is 130 g/mol. The number of rotatable bonds is 0. The van der Waals surface area contributed by atoms with Crippen LogP contribution in [-0.2, 0) is 0 Å². The molecule has 0 radical (unpaired) electrons. The lowest BCUT2D eigenvalue weighted by atomic mass is 10.4. The SMILES string of the molecule is C.Cc1nsnc1C. The number of aryl methyl sites for hydroxylation is 2. The van der Waals surface area contributed by atoms with Crippen molar-refractivity contribution in [1.82, 2.24) is 8.75 Å². The molecule has 1 heterocycles. The Balaban J connectivity index is 0.000000490. The third-order valence-corrected chi connectivity index (χ3v) is 1.59. The summed E-state index contributed by atoms with van der Waals surface area (Å²) in [6.45, 7) is 3.91. The van der Waals surface area contributed by atoms with E-state index in [0.717, 1.165) is 11.4 Å². The van der Waals surface area contributed by atoms with E-state index in [-0.39, 0.29) is 7.43 Å². The molecule has 0 aliphatic rings. The van der Waals surface area contributed by atoms with Gasteiger partial charge in [-0.2, -0.15) is 8.75 Å². The Morgan fingerprint density at radius 2 is 1.50 bits per heavy atom. The largest absolute Gasteiger partial charge is 0.178 e. The summed E-state index contributed by atoms with van der Waals surface area (Å²) >= 11 is 1.27. The summed E-state index contributed by atoms with van der Waals surface area (Å²) in [5.41, 5.74) is 2.09. The van der Waals surface area contributed by atoms with E-state index in [9.17, 15) is 0 Å². The highest BCUT2D eigenvalue weighted by Gasteiger charge is 1.91. The van der Waals surface area contributed by atoms with Gasteiger partial charge >= 0.3 is 0 Å².